The molecule has 1 aliphatic heterocycles. The lowest BCUT2D eigenvalue weighted by molar-refractivity contribution is 0.0153. The van der Waals surface area contributed by atoms with Gasteiger partial charge in [0.2, 0.25) is 0 Å². The summed E-state index contributed by atoms with van der Waals surface area (Å²) in [5, 5.41) is 6.99. The van der Waals surface area contributed by atoms with Crippen molar-refractivity contribution < 1.29 is 13.6 Å². The van der Waals surface area contributed by atoms with Gasteiger partial charge in [-0.3, -0.25) is 4.68 Å². The van der Waals surface area contributed by atoms with Crippen molar-refractivity contribution >= 4 is 6.03 Å². The lowest BCUT2D eigenvalue weighted by atomic mass is 10.2. The maximum Gasteiger partial charge on any atom is 0.317 e. The van der Waals surface area contributed by atoms with Crippen LogP contribution in [0.4, 0.5) is 13.6 Å². The third kappa shape index (κ3) is 2.76. The van der Waals surface area contributed by atoms with Crippen molar-refractivity contribution in [2.24, 2.45) is 7.05 Å². The predicted octanol–water partition coefficient (Wildman–Crippen LogP) is 1.85. The normalized spacial score (nSPS) is 21.2. The molecule has 0 aromatic carbocycles. The number of aromatic nitrogens is 2. The summed E-state index contributed by atoms with van der Waals surface area (Å²) >= 11 is 0. The van der Waals surface area contributed by atoms with E-state index in [9.17, 15) is 13.6 Å². The van der Waals surface area contributed by atoms with E-state index < -0.39 is 18.5 Å². The summed E-state index contributed by atoms with van der Waals surface area (Å²) < 4.78 is 27.9. The predicted molar refractivity (Wildman–Crippen MR) is 68.6 cm³/mol. The number of halogens is 2. The smallest absolute Gasteiger partial charge is 0.317 e. The molecule has 1 saturated carbocycles. The highest BCUT2D eigenvalue weighted by Gasteiger charge is 2.40. The Morgan fingerprint density at radius 1 is 1.55 bits per heavy atom. The van der Waals surface area contributed by atoms with Gasteiger partial charge in [-0.05, 0) is 18.9 Å². The maximum atomic E-state index is 13.0. The number of aryl methyl sites for hydroxylation is 1. The minimum Gasteiger partial charge on any atom is -0.332 e. The zero-order valence-corrected chi connectivity index (χ0v) is 11.4. The first kappa shape index (κ1) is 13.3. The Labute approximate surface area is 115 Å². The molecule has 7 heteroatoms. The van der Waals surface area contributed by atoms with Crippen LogP contribution in [0.1, 0.15) is 36.6 Å². The van der Waals surface area contributed by atoms with E-state index in [1.54, 1.807) is 0 Å². The van der Waals surface area contributed by atoms with E-state index in [-0.39, 0.29) is 19.5 Å². The van der Waals surface area contributed by atoms with Crippen molar-refractivity contribution in [2.75, 3.05) is 13.1 Å². The second-order valence-corrected chi connectivity index (χ2v) is 5.64. The largest absolute Gasteiger partial charge is 0.332 e. The average Bonchev–Trinajstić information content (AvgIpc) is 3.06. The summed E-state index contributed by atoms with van der Waals surface area (Å²) in [7, 11) is 1.89. The van der Waals surface area contributed by atoms with Crippen molar-refractivity contribution in [1.29, 1.82) is 0 Å². The van der Waals surface area contributed by atoms with Gasteiger partial charge in [0.1, 0.15) is 0 Å². The van der Waals surface area contributed by atoms with Crippen LogP contribution in [0.5, 0.6) is 0 Å². The number of alkyl halides is 2. The highest BCUT2D eigenvalue weighted by atomic mass is 19.3. The van der Waals surface area contributed by atoms with Crippen molar-refractivity contribution in [3.05, 3.63) is 17.5 Å². The Hall–Kier alpha value is -1.66. The van der Waals surface area contributed by atoms with E-state index in [0.29, 0.717) is 5.92 Å². The molecule has 1 aliphatic carbocycles. The Kier molecular flexibility index (Phi) is 3.14. The summed E-state index contributed by atoms with van der Waals surface area (Å²) in [4.78, 5) is 12.9. The second-order valence-electron chi connectivity index (χ2n) is 5.64. The van der Waals surface area contributed by atoms with Crippen molar-refractivity contribution in [2.45, 2.75) is 37.6 Å². The number of carbonyl (C=O) groups is 1. The fourth-order valence-corrected chi connectivity index (χ4v) is 2.58. The molecule has 110 valence electrons. The molecule has 0 unspecified atom stereocenters. The van der Waals surface area contributed by atoms with Crippen LogP contribution in [0.2, 0.25) is 0 Å². The van der Waals surface area contributed by atoms with Gasteiger partial charge in [0.05, 0.1) is 18.8 Å². The van der Waals surface area contributed by atoms with E-state index >= 15 is 0 Å². The molecule has 3 rings (SSSR count). The summed E-state index contributed by atoms with van der Waals surface area (Å²) in [6.07, 6.45) is 2.12. The molecule has 2 aliphatic rings. The average molecular weight is 284 g/mol. The lowest BCUT2D eigenvalue weighted by Crippen LogP contribution is -2.39. The van der Waals surface area contributed by atoms with Gasteiger partial charge < -0.3 is 10.2 Å². The molecule has 1 N–H and O–H groups in total. The van der Waals surface area contributed by atoms with Crippen LogP contribution < -0.4 is 5.32 Å². The molecule has 0 spiro atoms. The fourth-order valence-electron chi connectivity index (χ4n) is 2.58. The van der Waals surface area contributed by atoms with E-state index in [0.717, 1.165) is 10.6 Å². The number of nitrogens with one attached hydrogen (secondary N) is 1. The van der Waals surface area contributed by atoms with Crippen LogP contribution >= 0.6 is 0 Å². The van der Waals surface area contributed by atoms with Gasteiger partial charge in [-0.15, -0.1) is 0 Å². The van der Waals surface area contributed by atoms with Gasteiger partial charge in [0.15, 0.2) is 0 Å². The minimum absolute atomic E-state index is 0.106. The third-order valence-corrected chi connectivity index (χ3v) is 3.84. The molecule has 1 aromatic rings. The zero-order valence-electron chi connectivity index (χ0n) is 11.4. The highest BCUT2D eigenvalue weighted by Crippen LogP contribution is 2.39. The van der Waals surface area contributed by atoms with Gasteiger partial charge in [-0.1, -0.05) is 0 Å². The summed E-state index contributed by atoms with van der Waals surface area (Å²) in [6.45, 7) is -0.107. The van der Waals surface area contributed by atoms with Gasteiger partial charge in [0.25, 0.3) is 5.92 Å². The molecule has 0 atom stereocenters. The van der Waals surface area contributed by atoms with Crippen LogP contribution in [0.15, 0.2) is 6.07 Å². The van der Waals surface area contributed by atoms with E-state index in [1.807, 2.05) is 17.8 Å². The van der Waals surface area contributed by atoms with Crippen LogP contribution in [-0.2, 0) is 13.6 Å². The van der Waals surface area contributed by atoms with Gasteiger partial charge in [-0.25, -0.2) is 13.6 Å². The van der Waals surface area contributed by atoms with E-state index in [1.165, 1.54) is 18.5 Å². The molecule has 2 fully saturated rings. The Balaban J connectivity index is 1.54. The summed E-state index contributed by atoms with van der Waals surface area (Å²) in [5.41, 5.74) is 1.95. The number of urea groups is 1. The standard InChI is InChI=1S/C13H18F2N4O/c1-18-11(9-2-3-9)6-10(17-18)7-16-12(20)19-5-4-13(14,15)8-19/h6,9H,2-5,7-8H2,1H3,(H,16,20). The minimum atomic E-state index is -2.75. The Bertz CT molecular complexity index is 524. The van der Waals surface area contributed by atoms with Crippen LogP contribution in [0.3, 0.4) is 0 Å². The number of amides is 2. The molecular weight excluding hydrogens is 266 g/mol. The third-order valence-electron chi connectivity index (χ3n) is 3.84. The van der Waals surface area contributed by atoms with Crippen LogP contribution in [0, 0.1) is 0 Å². The molecule has 2 heterocycles. The van der Waals surface area contributed by atoms with Gasteiger partial charge in [-0.2, -0.15) is 5.10 Å². The summed E-state index contributed by atoms with van der Waals surface area (Å²) in [5.74, 6) is -2.16. The van der Waals surface area contributed by atoms with Crippen LogP contribution in [-0.4, -0.2) is 39.7 Å². The number of hydrogen-bond donors (Lipinski definition) is 1. The Morgan fingerprint density at radius 2 is 2.30 bits per heavy atom. The molecule has 1 aromatic heterocycles. The van der Waals surface area contributed by atoms with Crippen molar-refractivity contribution in [3.63, 3.8) is 0 Å². The first-order valence-electron chi connectivity index (χ1n) is 6.88. The highest BCUT2D eigenvalue weighted by molar-refractivity contribution is 5.74. The van der Waals surface area contributed by atoms with Gasteiger partial charge >= 0.3 is 6.03 Å². The molecule has 5 nitrogen and oxygen atoms in total. The number of carbonyl (C=O) groups excluding carboxylic acids is 1. The molecule has 2 amide bonds. The number of nitrogens with zero attached hydrogens (tertiary/aromatic N) is 3. The van der Waals surface area contributed by atoms with Crippen LogP contribution in [0.25, 0.3) is 0 Å². The Morgan fingerprint density at radius 3 is 2.90 bits per heavy atom. The number of hydrogen-bond acceptors (Lipinski definition) is 2. The molecule has 0 bridgehead atoms. The maximum absolute atomic E-state index is 13.0. The van der Waals surface area contributed by atoms with Crippen molar-refractivity contribution in [3.8, 4) is 0 Å². The zero-order chi connectivity index (χ0) is 14.3. The molecule has 20 heavy (non-hydrogen) atoms. The topological polar surface area (TPSA) is 50.2 Å². The fraction of sp³-hybridized carbons (Fsp3) is 0.692. The molecule has 0 radical (unpaired) electrons. The first-order chi connectivity index (χ1) is 9.44. The number of rotatable bonds is 3. The number of likely N-dealkylation sites (tertiary alicyclic amines) is 1. The van der Waals surface area contributed by atoms with Gasteiger partial charge in [0, 0.05) is 31.6 Å². The van der Waals surface area contributed by atoms with E-state index in [2.05, 4.69) is 10.4 Å². The quantitative estimate of drug-likeness (QED) is 0.921. The van der Waals surface area contributed by atoms with E-state index in [4.69, 9.17) is 0 Å². The van der Waals surface area contributed by atoms with Crippen molar-refractivity contribution in [1.82, 2.24) is 20.0 Å². The molecular formula is C13H18F2N4O. The SMILES string of the molecule is Cn1nc(CNC(=O)N2CCC(F)(F)C2)cc1C1CC1. The second kappa shape index (κ2) is 4.71. The lowest BCUT2D eigenvalue weighted by Gasteiger charge is -2.16. The summed E-state index contributed by atoms with van der Waals surface area (Å²) in [6, 6.07) is 1.54. The first-order valence-corrected chi connectivity index (χ1v) is 6.88. The molecule has 1 saturated heterocycles. The monoisotopic (exact) mass is 284 g/mol.